The summed E-state index contributed by atoms with van der Waals surface area (Å²) in [6, 6.07) is 9.79. The van der Waals surface area contributed by atoms with Gasteiger partial charge in [-0.1, -0.05) is 31.7 Å². The molecular weight excluding hydrogens is 402 g/mol. The van der Waals surface area contributed by atoms with Gasteiger partial charge in [0.2, 0.25) is 0 Å². The van der Waals surface area contributed by atoms with Crippen molar-refractivity contribution in [3.63, 3.8) is 0 Å². The molecule has 0 saturated heterocycles. The molecule has 31 heavy (non-hydrogen) atoms. The number of aldehydes is 1. The SMILES string of the molecule is O=C[C@H](O)[C@@H](OCCCCCCCCOc1ccc2ncccc2c1)[C@H](O)[C@H](O)CO. The largest absolute Gasteiger partial charge is 0.494 e. The third-order valence-electron chi connectivity index (χ3n) is 5.09. The number of pyridine rings is 1. The number of ether oxygens (including phenoxy) is 2. The Bertz CT molecular complexity index is 772. The monoisotopic (exact) mass is 435 g/mol. The number of rotatable bonds is 16. The number of aromatic nitrogens is 1. The highest BCUT2D eigenvalue weighted by molar-refractivity contribution is 5.79. The Hall–Kier alpha value is -2.10. The molecule has 2 aromatic rings. The summed E-state index contributed by atoms with van der Waals surface area (Å²) < 4.78 is 11.2. The van der Waals surface area contributed by atoms with Crippen LogP contribution in [0.3, 0.4) is 0 Å². The summed E-state index contributed by atoms with van der Waals surface area (Å²) in [5.41, 5.74) is 0.949. The summed E-state index contributed by atoms with van der Waals surface area (Å²) in [6.45, 7) is 0.213. The molecule has 0 aliphatic heterocycles. The van der Waals surface area contributed by atoms with E-state index in [2.05, 4.69) is 4.98 Å². The molecule has 1 heterocycles. The van der Waals surface area contributed by atoms with E-state index in [0.29, 0.717) is 13.0 Å². The van der Waals surface area contributed by atoms with E-state index in [0.717, 1.165) is 48.8 Å². The lowest BCUT2D eigenvalue weighted by molar-refractivity contribution is -0.150. The number of nitrogens with zero attached hydrogens (tertiary/aromatic N) is 1. The maximum absolute atomic E-state index is 10.8. The van der Waals surface area contributed by atoms with Crippen LogP contribution in [0.15, 0.2) is 36.5 Å². The Balaban J connectivity index is 1.54. The molecule has 0 aliphatic carbocycles. The number of hydrogen-bond donors (Lipinski definition) is 4. The highest BCUT2D eigenvalue weighted by Crippen LogP contribution is 2.19. The molecule has 8 nitrogen and oxygen atoms in total. The van der Waals surface area contributed by atoms with E-state index in [4.69, 9.17) is 14.6 Å². The van der Waals surface area contributed by atoms with Gasteiger partial charge >= 0.3 is 0 Å². The van der Waals surface area contributed by atoms with Crippen LogP contribution >= 0.6 is 0 Å². The summed E-state index contributed by atoms with van der Waals surface area (Å²) in [4.78, 5) is 15.1. The zero-order valence-corrected chi connectivity index (χ0v) is 17.7. The molecule has 8 heteroatoms. The van der Waals surface area contributed by atoms with E-state index in [9.17, 15) is 20.1 Å². The predicted molar refractivity (Wildman–Crippen MR) is 116 cm³/mol. The number of carbonyl (C=O) groups excluding carboxylic acids is 1. The second kappa shape index (κ2) is 14.1. The number of aliphatic hydroxyl groups is 4. The summed E-state index contributed by atoms with van der Waals surface area (Å²) >= 11 is 0. The number of carbonyl (C=O) groups is 1. The number of aliphatic hydroxyl groups excluding tert-OH is 4. The zero-order valence-electron chi connectivity index (χ0n) is 17.7. The molecule has 0 spiro atoms. The van der Waals surface area contributed by atoms with Crippen molar-refractivity contribution in [1.82, 2.24) is 4.98 Å². The number of hydrogen-bond acceptors (Lipinski definition) is 8. The Labute approximate surface area is 182 Å². The van der Waals surface area contributed by atoms with Gasteiger partial charge in [0.05, 0.1) is 18.7 Å². The van der Waals surface area contributed by atoms with Crippen molar-refractivity contribution in [1.29, 1.82) is 0 Å². The van der Waals surface area contributed by atoms with Crippen molar-refractivity contribution in [2.75, 3.05) is 19.8 Å². The first-order valence-electron chi connectivity index (χ1n) is 10.8. The molecule has 0 saturated carbocycles. The quantitative estimate of drug-likeness (QED) is 0.231. The molecule has 0 bridgehead atoms. The smallest absolute Gasteiger partial charge is 0.151 e. The maximum atomic E-state index is 10.8. The standard InChI is InChI=1S/C23H33NO7/c25-15-20(27)22(29)23(21(28)16-26)31-13-6-4-2-1-3-5-12-30-18-9-10-19-17(14-18)8-7-11-24-19/h7-11,14,16,20-23,25,27-29H,1-6,12-13,15H2/t20-,21+,22-,23-/m1/s1. The van der Waals surface area contributed by atoms with Crippen molar-refractivity contribution < 1.29 is 34.7 Å². The minimum atomic E-state index is -1.56. The lowest BCUT2D eigenvalue weighted by atomic mass is 10.0. The van der Waals surface area contributed by atoms with Crippen molar-refractivity contribution in [3.05, 3.63) is 36.5 Å². The number of benzene rings is 1. The fourth-order valence-corrected chi connectivity index (χ4v) is 3.27. The summed E-state index contributed by atoms with van der Waals surface area (Å²) in [5.74, 6) is 0.846. The Morgan fingerprint density at radius 1 is 0.968 bits per heavy atom. The van der Waals surface area contributed by atoms with Gasteiger partial charge in [-0.2, -0.15) is 0 Å². The maximum Gasteiger partial charge on any atom is 0.151 e. The molecule has 0 fully saturated rings. The number of unbranched alkanes of at least 4 members (excludes halogenated alkanes) is 5. The third kappa shape index (κ3) is 8.51. The molecule has 172 valence electrons. The lowest BCUT2D eigenvalue weighted by Crippen LogP contribution is -2.48. The second-order valence-corrected chi connectivity index (χ2v) is 7.53. The Morgan fingerprint density at radius 3 is 2.39 bits per heavy atom. The molecule has 4 atom stereocenters. The molecule has 0 aliphatic rings. The Morgan fingerprint density at radius 2 is 1.68 bits per heavy atom. The van der Waals surface area contributed by atoms with Gasteiger partial charge in [-0.25, -0.2) is 0 Å². The zero-order chi connectivity index (χ0) is 22.5. The molecule has 1 aromatic heterocycles. The van der Waals surface area contributed by atoms with Crippen LogP contribution in [0.5, 0.6) is 5.75 Å². The van der Waals surface area contributed by atoms with Crippen LogP contribution in [-0.2, 0) is 9.53 Å². The van der Waals surface area contributed by atoms with Crippen molar-refractivity contribution in [2.24, 2.45) is 0 Å². The van der Waals surface area contributed by atoms with E-state index in [-0.39, 0.29) is 12.9 Å². The topological polar surface area (TPSA) is 129 Å². The van der Waals surface area contributed by atoms with E-state index >= 15 is 0 Å². The minimum absolute atomic E-state index is 0.241. The molecule has 1 aromatic carbocycles. The van der Waals surface area contributed by atoms with Crippen molar-refractivity contribution >= 4 is 17.2 Å². The van der Waals surface area contributed by atoms with E-state index in [1.807, 2.05) is 30.3 Å². The van der Waals surface area contributed by atoms with Crippen LogP contribution in [0.4, 0.5) is 0 Å². The van der Waals surface area contributed by atoms with Crippen LogP contribution in [-0.4, -0.2) is 75.9 Å². The molecule has 0 amide bonds. The van der Waals surface area contributed by atoms with Crippen LogP contribution in [0, 0.1) is 0 Å². The summed E-state index contributed by atoms with van der Waals surface area (Å²) in [5, 5.41) is 38.9. The van der Waals surface area contributed by atoms with Crippen molar-refractivity contribution in [2.45, 2.75) is 62.9 Å². The Kier molecular flexibility index (Phi) is 11.4. The highest BCUT2D eigenvalue weighted by Gasteiger charge is 2.32. The molecule has 0 unspecified atom stereocenters. The van der Waals surface area contributed by atoms with Gasteiger partial charge < -0.3 is 34.7 Å². The molecule has 2 rings (SSSR count). The van der Waals surface area contributed by atoms with Gasteiger partial charge in [0.25, 0.3) is 0 Å². The van der Waals surface area contributed by atoms with Crippen LogP contribution in [0.2, 0.25) is 0 Å². The molecule has 4 N–H and O–H groups in total. The first-order valence-corrected chi connectivity index (χ1v) is 10.8. The number of fused-ring (bicyclic) bond motifs is 1. The highest BCUT2D eigenvalue weighted by atomic mass is 16.5. The second-order valence-electron chi connectivity index (χ2n) is 7.53. The van der Waals surface area contributed by atoms with E-state index in [1.54, 1.807) is 6.20 Å². The lowest BCUT2D eigenvalue weighted by Gasteiger charge is -2.27. The predicted octanol–water partition coefficient (Wildman–Crippen LogP) is 1.61. The van der Waals surface area contributed by atoms with Gasteiger partial charge in [0, 0.05) is 18.2 Å². The van der Waals surface area contributed by atoms with E-state index < -0.39 is 31.0 Å². The van der Waals surface area contributed by atoms with Crippen LogP contribution in [0.25, 0.3) is 10.9 Å². The normalized spacial score (nSPS) is 15.4. The van der Waals surface area contributed by atoms with Gasteiger partial charge in [-0.05, 0) is 37.1 Å². The van der Waals surface area contributed by atoms with Gasteiger partial charge in [0.1, 0.15) is 30.2 Å². The fraction of sp³-hybridized carbons (Fsp3) is 0.565. The van der Waals surface area contributed by atoms with Gasteiger partial charge in [0.15, 0.2) is 6.29 Å². The van der Waals surface area contributed by atoms with Crippen molar-refractivity contribution in [3.8, 4) is 5.75 Å². The van der Waals surface area contributed by atoms with Gasteiger partial charge in [-0.3, -0.25) is 4.98 Å². The average molecular weight is 436 g/mol. The minimum Gasteiger partial charge on any atom is -0.494 e. The summed E-state index contributed by atoms with van der Waals surface area (Å²) in [6.07, 6.45) is 1.85. The first-order chi connectivity index (χ1) is 15.1. The molecule has 0 radical (unpaired) electrons. The average Bonchev–Trinajstić information content (AvgIpc) is 2.81. The van der Waals surface area contributed by atoms with Crippen LogP contribution < -0.4 is 4.74 Å². The van der Waals surface area contributed by atoms with E-state index in [1.165, 1.54) is 0 Å². The summed E-state index contributed by atoms with van der Waals surface area (Å²) in [7, 11) is 0. The first kappa shape index (κ1) is 25.2. The van der Waals surface area contributed by atoms with Gasteiger partial charge in [-0.15, -0.1) is 0 Å². The fourth-order valence-electron chi connectivity index (χ4n) is 3.27. The third-order valence-corrected chi connectivity index (χ3v) is 5.09. The molecular formula is C23H33NO7. The van der Waals surface area contributed by atoms with Crippen LogP contribution in [0.1, 0.15) is 38.5 Å².